The van der Waals surface area contributed by atoms with Gasteiger partial charge >= 0.3 is 0 Å². The Morgan fingerprint density at radius 1 is 1.04 bits per heavy atom. The molecule has 0 aliphatic carbocycles. The van der Waals surface area contributed by atoms with Gasteiger partial charge in [0.2, 0.25) is 5.91 Å². The number of aryl methyl sites for hydroxylation is 1. The summed E-state index contributed by atoms with van der Waals surface area (Å²) in [6.45, 7) is 2.81. The molecule has 0 saturated carbocycles. The molecule has 4 heteroatoms. The molecule has 2 aromatic rings. The van der Waals surface area contributed by atoms with Crippen molar-refractivity contribution in [1.29, 1.82) is 0 Å². The SMILES string of the molecule is CCc1ccc(CC(=O)Nc2ccc(N(C)CCO)cc2)cc1. The molecule has 0 fully saturated rings. The van der Waals surface area contributed by atoms with Crippen molar-refractivity contribution in [2.45, 2.75) is 19.8 Å². The van der Waals surface area contributed by atoms with Crippen LogP contribution in [0.15, 0.2) is 48.5 Å². The monoisotopic (exact) mass is 312 g/mol. The Bertz CT molecular complexity index is 621. The molecule has 1 amide bonds. The number of nitrogens with zero attached hydrogens (tertiary/aromatic N) is 1. The van der Waals surface area contributed by atoms with Crippen molar-refractivity contribution in [3.63, 3.8) is 0 Å². The van der Waals surface area contributed by atoms with Crippen LogP contribution in [0.4, 0.5) is 11.4 Å². The van der Waals surface area contributed by atoms with Crippen molar-refractivity contribution in [2.75, 3.05) is 30.4 Å². The molecule has 2 rings (SSSR count). The lowest BCUT2D eigenvalue weighted by atomic mass is 10.1. The normalized spacial score (nSPS) is 10.4. The molecule has 0 heterocycles. The van der Waals surface area contributed by atoms with E-state index in [4.69, 9.17) is 5.11 Å². The van der Waals surface area contributed by atoms with Gasteiger partial charge in [0.1, 0.15) is 0 Å². The molecule has 0 atom stereocenters. The number of aliphatic hydroxyl groups excluding tert-OH is 1. The van der Waals surface area contributed by atoms with Gasteiger partial charge in [-0.25, -0.2) is 0 Å². The number of hydrogen-bond donors (Lipinski definition) is 2. The first-order valence-electron chi connectivity index (χ1n) is 7.92. The van der Waals surface area contributed by atoms with E-state index in [2.05, 4.69) is 24.4 Å². The van der Waals surface area contributed by atoms with Gasteiger partial charge in [-0.3, -0.25) is 4.79 Å². The molecule has 23 heavy (non-hydrogen) atoms. The van der Waals surface area contributed by atoms with Crippen molar-refractivity contribution in [3.05, 3.63) is 59.7 Å². The van der Waals surface area contributed by atoms with Gasteiger partial charge in [0.25, 0.3) is 0 Å². The number of aliphatic hydroxyl groups is 1. The van der Waals surface area contributed by atoms with E-state index in [0.717, 1.165) is 23.4 Å². The molecule has 0 aliphatic rings. The molecular weight excluding hydrogens is 288 g/mol. The largest absolute Gasteiger partial charge is 0.395 e. The second kappa shape index (κ2) is 8.34. The van der Waals surface area contributed by atoms with Crippen LogP contribution in [0.25, 0.3) is 0 Å². The van der Waals surface area contributed by atoms with Gasteiger partial charge in [-0.1, -0.05) is 31.2 Å². The standard InChI is InChI=1S/C19H24N2O2/c1-3-15-4-6-16(7-5-15)14-19(23)20-17-8-10-18(11-9-17)21(2)12-13-22/h4-11,22H,3,12-14H2,1-2H3,(H,20,23). The second-order valence-electron chi connectivity index (χ2n) is 5.59. The van der Waals surface area contributed by atoms with Crippen LogP contribution in [-0.4, -0.2) is 31.2 Å². The molecule has 0 bridgehead atoms. The van der Waals surface area contributed by atoms with Crippen LogP contribution in [0.5, 0.6) is 0 Å². The summed E-state index contributed by atoms with van der Waals surface area (Å²) in [6, 6.07) is 15.8. The zero-order valence-corrected chi connectivity index (χ0v) is 13.7. The van der Waals surface area contributed by atoms with Gasteiger partial charge in [0.05, 0.1) is 13.0 Å². The van der Waals surface area contributed by atoms with Crippen LogP contribution in [-0.2, 0) is 17.6 Å². The topological polar surface area (TPSA) is 52.6 Å². The van der Waals surface area contributed by atoms with Crippen molar-refractivity contribution >= 4 is 17.3 Å². The van der Waals surface area contributed by atoms with Crippen molar-refractivity contribution < 1.29 is 9.90 Å². The Kier molecular flexibility index (Phi) is 6.18. The van der Waals surface area contributed by atoms with Crippen LogP contribution in [0.3, 0.4) is 0 Å². The van der Waals surface area contributed by atoms with E-state index in [-0.39, 0.29) is 12.5 Å². The fourth-order valence-electron chi connectivity index (χ4n) is 2.36. The highest BCUT2D eigenvalue weighted by Gasteiger charge is 2.05. The minimum Gasteiger partial charge on any atom is -0.395 e. The fraction of sp³-hybridized carbons (Fsp3) is 0.316. The summed E-state index contributed by atoms with van der Waals surface area (Å²) in [5.74, 6) is -0.0225. The second-order valence-corrected chi connectivity index (χ2v) is 5.59. The molecule has 4 nitrogen and oxygen atoms in total. The zero-order chi connectivity index (χ0) is 16.7. The van der Waals surface area contributed by atoms with Gasteiger partial charge in [-0.15, -0.1) is 0 Å². The molecule has 0 radical (unpaired) electrons. The van der Waals surface area contributed by atoms with Crippen molar-refractivity contribution in [3.8, 4) is 0 Å². The Morgan fingerprint density at radius 3 is 2.22 bits per heavy atom. The Balaban J connectivity index is 1.91. The summed E-state index contributed by atoms with van der Waals surface area (Å²) in [4.78, 5) is 14.1. The van der Waals surface area contributed by atoms with Gasteiger partial charge in [0, 0.05) is 25.0 Å². The number of hydrogen-bond acceptors (Lipinski definition) is 3. The van der Waals surface area contributed by atoms with Crippen LogP contribution in [0, 0.1) is 0 Å². The molecule has 0 aliphatic heterocycles. The van der Waals surface area contributed by atoms with E-state index in [0.29, 0.717) is 13.0 Å². The van der Waals surface area contributed by atoms with Gasteiger partial charge in [-0.2, -0.15) is 0 Å². The third kappa shape index (κ3) is 5.11. The predicted molar refractivity (Wildman–Crippen MR) is 95.0 cm³/mol. The van der Waals surface area contributed by atoms with Gasteiger partial charge in [-0.05, 0) is 41.8 Å². The fourth-order valence-corrected chi connectivity index (χ4v) is 2.36. The number of rotatable bonds is 7. The van der Waals surface area contributed by atoms with E-state index in [1.165, 1.54) is 5.56 Å². The third-order valence-corrected chi connectivity index (χ3v) is 3.82. The number of carbonyl (C=O) groups is 1. The van der Waals surface area contributed by atoms with Gasteiger partial charge < -0.3 is 15.3 Å². The number of amides is 1. The predicted octanol–water partition coefficient (Wildman–Crippen LogP) is 2.86. The van der Waals surface area contributed by atoms with Crippen LogP contribution >= 0.6 is 0 Å². The first-order chi connectivity index (χ1) is 11.1. The summed E-state index contributed by atoms with van der Waals surface area (Å²) in [5, 5.41) is 11.9. The molecule has 2 N–H and O–H groups in total. The lowest BCUT2D eigenvalue weighted by Gasteiger charge is -2.18. The highest BCUT2D eigenvalue weighted by molar-refractivity contribution is 5.92. The lowest BCUT2D eigenvalue weighted by molar-refractivity contribution is -0.115. The summed E-state index contributed by atoms with van der Waals surface area (Å²) in [7, 11) is 1.92. The smallest absolute Gasteiger partial charge is 0.228 e. The average molecular weight is 312 g/mol. The van der Waals surface area contributed by atoms with E-state index >= 15 is 0 Å². The molecule has 0 unspecified atom stereocenters. The number of benzene rings is 2. The van der Waals surface area contributed by atoms with E-state index in [1.807, 2.05) is 48.3 Å². The maximum atomic E-state index is 12.1. The number of anilines is 2. The Labute approximate surface area is 137 Å². The summed E-state index contributed by atoms with van der Waals surface area (Å²) in [5.41, 5.74) is 4.07. The first kappa shape index (κ1) is 17.0. The van der Waals surface area contributed by atoms with E-state index in [1.54, 1.807) is 0 Å². The molecule has 0 aromatic heterocycles. The Hall–Kier alpha value is -2.33. The average Bonchev–Trinajstić information content (AvgIpc) is 2.56. The highest BCUT2D eigenvalue weighted by Crippen LogP contribution is 2.17. The minimum absolute atomic E-state index is 0.0225. The number of carbonyl (C=O) groups excluding carboxylic acids is 1. The molecule has 0 saturated heterocycles. The molecular formula is C19H24N2O2. The maximum absolute atomic E-state index is 12.1. The Morgan fingerprint density at radius 2 is 1.65 bits per heavy atom. The lowest BCUT2D eigenvalue weighted by Crippen LogP contribution is -2.21. The van der Waals surface area contributed by atoms with Crippen molar-refractivity contribution in [2.24, 2.45) is 0 Å². The van der Waals surface area contributed by atoms with Crippen molar-refractivity contribution in [1.82, 2.24) is 0 Å². The first-order valence-corrected chi connectivity index (χ1v) is 7.92. The minimum atomic E-state index is -0.0225. The van der Waals surface area contributed by atoms with E-state index in [9.17, 15) is 4.79 Å². The summed E-state index contributed by atoms with van der Waals surface area (Å²) in [6.07, 6.45) is 1.37. The van der Waals surface area contributed by atoms with Crippen LogP contribution in [0.2, 0.25) is 0 Å². The maximum Gasteiger partial charge on any atom is 0.228 e. The quantitative estimate of drug-likeness (QED) is 0.826. The van der Waals surface area contributed by atoms with E-state index < -0.39 is 0 Å². The summed E-state index contributed by atoms with van der Waals surface area (Å²) >= 11 is 0. The highest BCUT2D eigenvalue weighted by atomic mass is 16.3. The zero-order valence-electron chi connectivity index (χ0n) is 13.7. The number of likely N-dealkylation sites (N-methyl/N-ethyl adjacent to an activating group) is 1. The van der Waals surface area contributed by atoms with Crippen LogP contribution < -0.4 is 10.2 Å². The third-order valence-electron chi connectivity index (χ3n) is 3.82. The summed E-state index contributed by atoms with van der Waals surface area (Å²) < 4.78 is 0. The van der Waals surface area contributed by atoms with Gasteiger partial charge in [0.15, 0.2) is 0 Å². The van der Waals surface area contributed by atoms with Crippen LogP contribution in [0.1, 0.15) is 18.1 Å². The number of nitrogens with one attached hydrogen (secondary N) is 1. The molecule has 122 valence electrons. The molecule has 2 aromatic carbocycles. The molecule has 0 spiro atoms.